The largest absolute Gasteiger partial charge is 3.00 e. The summed E-state index contributed by atoms with van der Waals surface area (Å²) in [6, 6.07) is 36.6. The second kappa shape index (κ2) is 18.1. The summed E-state index contributed by atoms with van der Waals surface area (Å²) in [5.41, 5.74) is 5.05. The fourth-order valence-electron chi connectivity index (χ4n) is 6.71. The average molecular weight is 832 g/mol. The summed E-state index contributed by atoms with van der Waals surface area (Å²) in [5.74, 6) is 0. The van der Waals surface area contributed by atoms with E-state index < -0.39 is 15.6 Å². The fraction of sp³-hybridized carbons (Fsp3) is 0.263. The molecule has 0 aromatic heterocycles. The first-order valence-electron chi connectivity index (χ1n) is 15.9. The molecule has 0 saturated heterocycles. The van der Waals surface area contributed by atoms with Crippen molar-refractivity contribution in [3.8, 4) is 0 Å². The van der Waals surface area contributed by atoms with E-state index in [1.807, 2.05) is 0 Å². The Hall–Kier alpha value is -2.82. The molecule has 0 spiro atoms. The predicted molar refractivity (Wildman–Crippen MR) is 192 cm³/mol. The van der Waals surface area contributed by atoms with Gasteiger partial charge in [0.15, 0.2) is 10.1 Å². The number of nitrogens with one attached hydrogen (secondary N) is 2. The van der Waals surface area contributed by atoms with Crippen molar-refractivity contribution >= 4 is 57.6 Å². The molecule has 0 radical (unpaired) electrons. The second-order valence-electron chi connectivity index (χ2n) is 11.9. The molecule has 3 aliphatic carbocycles. The van der Waals surface area contributed by atoms with Crippen molar-refractivity contribution in [1.82, 2.24) is 10.6 Å². The van der Waals surface area contributed by atoms with Crippen LogP contribution in [0, 0.1) is 0 Å². The van der Waals surface area contributed by atoms with Crippen LogP contribution in [0.25, 0.3) is 24.3 Å². The molecule has 4 aromatic rings. The van der Waals surface area contributed by atoms with Crippen LogP contribution < -0.4 is 10.6 Å². The van der Waals surface area contributed by atoms with Gasteiger partial charge in [-0.2, -0.15) is 13.2 Å². The zero-order chi connectivity index (χ0) is 35.0. The van der Waals surface area contributed by atoms with Crippen LogP contribution in [0.2, 0.25) is 0 Å². The van der Waals surface area contributed by atoms with Gasteiger partial charge >= 0.3 is 25.0 Å². The molecule has 4 aromatic carbocycles. The first kappa shape index (κ1) is 40.0. The molecule has 12 heteroatoms. The first-order chi connectivity index (χ1) is 23.5. The van der Waals surface area contributed by atoms with E-state index in [2.05, 4.69) is 132 Å². The van der Waals surface area contributed by atoms with Gasteiger partial charge in [0.05, 0.1) is 17.4 Å². The van der Waals surface area contributed by atoms with Gasteiger partial charge in [0, 0.05) is 12.1 Å². The quantitative estimate of drug-likeness (QED) is 0.0928. The van der Waals surface area contributed by atoms with E-state index in [0.29, 0.717) is 12.1 Å². The molecular formula is C38H36Cl2F3N2O3RhS+2. The maximum atomic E-state index is 10.7. The van der Waals surface area contributed by atoms with Crippen LogP contribution >= 0.6 is 23.2 Å². The third-order valence-corrected chi connectivity index (χ3v) is 9.49. The van der Waals surface area contributed by atoms with Crippen LogP contribution in [0.1, 0.15) is 82.3 Å². The van der Waals surface area contributed by atoms with Gasteiger partial charge in [-0.05, 0) is 57.3 Å². The maximum absolute atomic E-state index is 10.7. The van der Waals surface area contributed by atoms with Gasteiger partial charge in [0.1, 0.15) is 0 Å². The Morgan fingerprint density at radius 3 is 1.08 bits per heavy atom. The van der Waals surface area contributed by atoms with Crippen LogP contribution in [0.15, 0.2) is 97.1 Å². The van der Waals surface area contributed by atoms with E-state index in [0.717, 1.165) is 0 Å². The summed E-state index contributed by atoms with van der Waals surface area (Å²) >= 11 is 9.53. The number of alkyl halides is 5. The first-order valence-corrected chi connectivity index (χ1v) is 18.4. The smallest absolute Gasteiger partial charge is 0.741 e. The molecule has 3 aliphatic rings. The van der Waals surface area contributed by atoms with Gasteiger partial charge in [-0.3, -0.25) is 0 Å². The topological polar surface area (TPSA) is 81.3 Å². The van der Waals surface area contributed by atoms with Crippen LogP contribution in [0.3, 0.4) is 0 Å². The van der Waals surface area contributed by atoms with Gasteiger partial charge in [-0.25, -0.2) is 8.42 Å². The Balaban J connectivity index is 0.000000411. The summed E-state index contributed by atoms with van der Waals surface area (Å²) in [6.45, 7) is 0. The van der Waals surface area contributed by atoms with Crippen molar-refractivity contribution in [1.29, 1.82) is 0 Å². The molecule has 264 valence electrons. The molecule has 0 heterocycles. The van der Waals surface area contributed by atoms with E-state index >= 15 is 0 Å². The molecule has 5 nitrogen and oxygen atoms in total. The maximum Gasteiger partial charge on any atom is 3.00 e. The van der Waals surface area contributed by atoms with Crippen molar-refractivity contribution in [2.75, 3.05) is 5.34 Å². The summed E-state index contributed by atoms with van der Waals surface area (Å²) in [4.78, 5) is 0. The number of halogens is 5. The Labute approximate surface area is 314 Å². The summed E-state index contributed by atoms with van der Waals surface area (Å²) in [6.07, 6.45) is 14.0. The second-order valence-corrected chi connectivity index (χ2v) is 14.1. The van der Waals surface area contributed by atoms with Crippen LogP contribution in [-0.2, 0) is 29.6 Å². The summed E-state index contributed by atoms with van der Waals surface area (Å²) < 4.78 is 58.9. The standard InChI is InChI=1S/C36H34N2.CH2Cl2.CHF3O3S.Rh/c1-5-15-29-25(11-1)21-22-26-12-2-6-16-30(26)35(29)37-33-19-9-10-20-34(33)38-36-31-17-7-3-13-27(31)23-24-28-14-4-8-18-32(28)36;2-1-3;2-1(3,4)8(5,6)7;/h1-8,11-18,21-24,33-38H,9-10,19-20H2;1H2;(H,5,6,7);/q;;;+3/p-1/t33-,34-;;;/m1.../s1. The molecule has 0 bridgehead atoms. The van der Waals surface area contributed by atoms with Crippen LogP contribution in [0.4, 0.5) is 13.2 Å². The van der Waals surface area contributed by atoms with Gasteiger partial charge < -0.3 is 15.2 Å². The van der Waals surface area contributed by atoms with E-state index in [4.69, 9.17) is 36.2 Å². The molecule has 7 rings (SSSR count). The third kappa shape index (κ3) is 9.74. The molecule has 0 aliphatic heterocycles. The molecule has 0 amide bonds. The van der Waals surface area contributed by atoms with Crippen LogP contribution in [0.5, 0.6) is 0 Å². The van der Waals surface area contributed by atoms with Crippen molar-refractivity contribution in [3.05, 3.63) is 142 Å². The third-order valence-electron chi connectivity index (χ3n) is 8.92. The van der Waals surface area contributed by atoms with E-state index in [1.54, 1.807) is 0 Å². The Kier molecular flexibility index (Phi) is 14.5. The molecule has 2 atom stereocenters. The monoisotopic (exact) mass is 830 g/mol. The number of benzene rings is 4. The minimum atomic E-state index is -6.09. The zero-order valence-corrected chi connectivity index (χ0v) is 30.7. The summed E-state index contributed by atoms with van der Waals surface area (Å²) in [5, 5.41) is 8.59. The van der Waals surface area contributed by atoms with E-state index in [-0.39, 0.29) is 36.9 Å². The van der Waals surface area contributed by atoms with Crippen molar-refractivity contribution in [2.24, 2.45) is 0 Å². The van der Waals surface area contributed by atoms with Gasteiger partial charge in [-0.1, -0.05) is 134 Å². The summed E-state index contributed by atoms with van der Waals surface area (Å²) in [7, 11) is -6.09. The van der Waals surface area contributed by atoms with Crippen molar-refractivity contribution in [3.63, 3.8) is 0 Å². The minimum Gasteiger partial charge on any atom is -0.741 e. The minimum absolute atomic E-state index is 0. The molecule has 2 N–H and O–H groups in total. The SMILES string of the molecule is C1=Cc2ccccc2C(N[C@@H]2CCCC[C@H]2NC2c3ccccc3C=Cc3ccccc32)c2ccccc21.ClCCl.O=S(=O)([O-])C(F)(F)F.[Rh+3]. The molecule has 1 fully saturated rings. The average Bonchev–Trinajstić information content (AvgIpc) is 3.34. The fourth-order valence-corrected chi connectivity index (χ4v) is 6.71. The molecule has 0 unspecified atom stereocenters. The Morgan fingerprint density at radius 1 is 0.600 bits per heavy atom. The predicted octanol–water partition coefficient (Wildman–Crippen LogP) is 9.49. The zero-order valence-electron chi connectivity index (χ0n) is 26.7. The number of hydrogen-bond donors (Lipinski definition) is 2. The van der Waals surface area contributed by atoms with Gasteiger partial charge in [0.25, 0.3) is 0 Å². The number of rotatable bonds is 4. The number of fused-ring (bicyclic) bond motifs is 4. The molecule has 50 heavy (non-hydrogen) atoms. The van der Waals surface area contributed by atoms with E-state index in [9.17, 15) is 13.2 Å². The van der Waals surface area contributed by atoms with E-state index in [1.165, 1.54) is 70.2 Å². The number of hydrogen-bond acceptors (Lipinski definition) is 5. The van der Waals surface area contributed by atoms with Crippen molar-refractivity contribution in [2.45, 2.75) is 55.4 Å². The Morgan fingerprint density at radius 2 is 0.840 bits per heavy atom. The Bertz CT molecular complexity index is 1690. The van der Waals surface area contributed by atoms with Gasteiger partial charge in [-0.15, -0.1) is 23.2 Å². The van der Waals surface area contributed by atoms with Crippen molar-refractivity contribution < 1.29 is 45.6 Å². The van der Waals surface area contributed by atoms with Gasteiger partial charge in [0.2, 0.25) is 0 Å². The van der Waals surface area contributed by atoms with Crippen LogP contribution in [-0.4, -0.2) is 35.9 Å². The molecule has 1 saturated carbocycles. The normalized spacial score (nSPS) is 18.2. The molecular weight excluding hydrogens is 795 g/mol.